The minimum atomic E-state index is 0.0471. The Hall–Kier alpha value is -3.00. The smallest absolute Gasteiger partial charge is 0.115 e. The van der Waals surface area contributed by atoms with Crippen LogP contribution in [0.25, 0.3) is 6.08 Å². The van der Waals surface area contributed by atoms with Crippen LogP contribution >= 0.6 is 0 Å². The van der Waals surface area contributed by atoms with Crippen molar-refractivity contribution in [1.82, 2.24) is 0 Å². The quantitative estimate of drug-likeness (QED) is 0.640. The third-order valence-corrected chi connectivity index (χ3v) is 4.08. The van der Waals surface area contributed by atoms with Crippen LogP contribution in [0, 0.1) is 0 Å². The molecule has 0 radical (unpaired) electrons. The molecule has 3 aromatic rings. The van der Waals surface area contributed by atoms with Crippen molar-refractivity contribution in [2.45, 2.75) is 12.8 Å². The first-order valence-electron chi connectivity index (χ1n) is 7.98. The lowest BCUT2D eigenvalue weighted by molar-refractivity contribution is 0.475. The molecule has 120 valence electrons. The van der Waals surface area contributed by atoms with Crippen LogP contribution in [-0.2, 0) is 0 Å². The Labute approximate surface area is 142 Å². The Morgan fingerprint density at radius 2 is 1.00 bits per heavy atom. The average Bonchev–Trinajstić information content (AvgIpc) is 2.60. The maximum Gasteiger partial charge on any atom is 0.115 e. The van der Waals surface area contributed by atoms with Crippen LogP contribution in [0.2, 0.25) is 0 Å². The number of hydrogen-bond donors (Lipinski definition) is 2. The molecule has 0 amide bonds. The molecular weight excluding hydrogens is 296 g/mol. The summed E-state index contributed by atoms with van der Waals surface area (Å²) in [7, 11) is 0. The second-order valence-electron chi connectivity index (χ2n) is 5.78. The van der Waals surface area contributed by atoms with Gasteiger partial charge in [0.15, 0.2) is 0 Å². The van der Waals surface area contributed by atoms with Crippen LogP contribution in [-0.4, -0.2) is 10.2 Å². The van der Waals surface area contributed by atoms with Gasteiger partial charge in [0, 0.05) is 5.92 Å². The van der Waals surface area contributed by atoms with Gasteiger partial charge >= 0.3 is 0 Å². The molecule has 2 N–H and O–H groups in total. The first-order valence-corrected chi connectivity index (χ1v) is 7.98. The largest absolute Gasteiger partial charge is 0.508 e. The van der Waals surface area contributed by atoms with E-state index in [1.807, 2.05) is 37.3 Å². The lowest BCUT2D eigenvalue weighted by Gasteiger charge is -2.19. The van der Waals surface area contributed by atoms with Crippen molar-refractivity contribution in [2.24, 2.45) is 0 Å². The lowest BCUT2D eigenvalue weighted by atomic mass is 9.85. The van der Waals surface area contributed by atoms with E-state index in [4.69, 9.17) is 0 Å². The highest BCUT2D eigenvalue weighted by Crippen LogP contribution is 2.33. The van der Waals surface area contributed by atoms with Crippen molar-refractivity contribution in [3.63, 3.8) is 0 Å². The van der Waals surface area contributed by atoms with E-state index in [1.54, 1.807) is 24.3 Å². The second-order valence-corrected chi connectivity index (χ2v) is 5.78. The molecule has 0 aliphatic heterocycles. The molecule has 2 nitrogen and oxygen atoms in total. The summed E-state index contributed by atoms with van der Waals surface area (Å²) < 4.78 is 0. The number of aromatic hydroxyl groups is 2. The van der Waals surface area contributed by atoms with Crippen LogP contribution in [0.4, 0.5) is 0 Å². The summed E-state index contributed by atoms with van der Waals surface area (Å²) >= 11 is 0. The number of allylic oxidation sites excluding steroid dienone is 1. The number of rotatable bonds is 4. The molecule has 0 spiro atoms. The van der Waals surface area contributed by atoms with E-state index in [9.17, 15) is 10.2 Å². The fourth-order valence-electron chi connectivity index (χ4n) is 2.90. The molecule has 3 aromatic carbocycles. The molecule has 0 saturated carbocycles. The van der Waals surface area contributed by atoms with Gasteiger partial charge in [0.1, 0.15) is 11.5 Å². The molecule has 3 rings (SSSR count). The summed E-state index contributed by atoms with van der Waals surface area (Å²) in [6.45, 7) is 2.00. The van der Waals surface area contributed by atoms with Gasteiger partial charge in [0.2, 0.25) is 0 Å². The van der Waals surface area contributed by atoms with Crippen LogP contribution in [0.15, 0.2) is 78.9 Å². The number of hydrogen-bond acceptors (Lipinski definition) is 2. The second kappa shape index (κ2) is 7.05. The molecular formula is C22H20O2. The summed E-state index contributed by atoms with van der Waals surface area (Å²) in [6, 6.07) is 23.0. The van der Waals surface area contributed by atoms with Crippen LogP contribution in [0.3, 0.4) is 0 Å². The topological polar surface area (TPSA) is 40.5 Å². The molecule has 0 heterocycles. The van der Waals surface area contributed by atoms with Gasteiger partial charge < -0.3 is 10.2 Å². The molecule has 0 fully saturated rings. The SMILES string of the molecule is CC=Cc1ccc(C(c2ccc(O)cc2)c2ccc(O)cc2)cc1. The Kier molecular flexibility index (Phi) is 4.66. The molecule has 0 aliphatic rings. The number of phenols is 2. The summed E-state index contributed by atoms with van der Waals surface area (Å²) in [6.07, 6.45) is 4.09. The molecule has 2 heteroatoms. The van der Waals surface area contributed by atoms with Gasteiger partial charge in [-0.2, -0.15) is 0 Å². The molecule has 0 aliphatic carbocycles. The normalized spacial score (nSPS) is 11.2. The molecule has 0 aromatic heterocycles. The van der Waals surface area contributed by atoms with Crippen molar-refractivity contribution in [3.8, 4) is 11.5 Å². The molecule has 24 heavy (non-hydrogen) atoms. The highest BCUT2D eigenvalue weighted by Gasteiger charge is 2.16. The van der Waals surface area contributed by atoms with E-state index in [-0.39, 0.29) is 17.4 Å². The fourth-order valence-corrected chi connectivity index (χ4v) is 2.90. The van der Waals surface area contributed by atoms with Crippen molar-refractivity contribution in [3.05, 3.63) is 101 Å². The van der Waals surface area contributed by atoms with Gasteiger partial charge in [-0.25, -0.2) is 0 Å². The maximum absolute atomic E-state index is 9.57. The highest BCUT2D eigenvalue weighted by molar-refractivity contribution is 5.52. The Balaban J connectivity index is 2.07. The van der Waals surface area contributed by atoms with Crippen molar-refractivity contribution in [1.29, 1.82) is 0 Å². The Morgan fingerprint density at radius 3 is 1.38 bits per heavy atom. The van der Waals surface area contributed by atoms with Crippen molar-refractivity contribution >= 4 is 6.08 Å². The van der Waals surface area contributed by atoms with E-state index in [0.29, 0.717) is 0 Å². The fraction of sp³-hybridized carbons (Fsp3) is 0.0909. The predicted octanol–water partition coefficient (Wildman–Crippen LogP) is 5.31. The molecule has 0 atom stereocenters. The van der Waals surface area contributed by atoms with Crippen molar-refractivity contribution in [2.75, 3.05) is 0 Å². The third-order valence-electron chi connectivity index (χ3n) is 4.08. The minimum Gasteiger partial charge on any atom is -0.508 e. The van der Waals surface area contributed by atoms with Gasteiger partial charge in [-0.1, -0.05) is 60.7 Å². The van der Waals surface area contributed by atoms with E-state index in [0.717, 1.165) is 16.7 Å². The summed E-state index contributed by atoms with van der Waals surface area (Å²) in [5.41, 5.74) is 4.52. The first kappa shape index (κ1) is 15.9. The van der Waals surface area contributed by atoms with Crippen LogP contribution in [0.5, 0.6) is 11.5 Å². The highest BCUT2D eigenvalue weighted by atomic mass is 16.3. The van der Waals surface area contributed by atoms with Gasteiger partial charge in [-0.05, 0) is 53.4 Å². The Bertz CT molecular complexity index is 768. The monoisotopic (exact) mass is 316 g/mol. The molecule has 0 saturated heterocycles. The summed E-state index contributed by atoms with van der Waals surface area (Å²) in [4.78, 5) is 0. The zero-order chi connectivity index (χ0) is 16.9. The summed E-state index contributed by atoms with van der Waals surface area (Å²) in [5, 5.41) is 19.1. The molecule has 0 unspecified atom stereocenters. The van der Waals surface area contributed by atoms with Gasteiger partial charge in [-0.15, -0.1) is 0 Å². The Morgan fingerprint density at radius 1 is 0.625 bits per heavy atom. The van der Waals surface area contributed by atoms with Crippen molar-refractivity contribution < 1.29 is 10.2 Å². The standard InChI is InChI=1S/C22H20O2/c1-2-3-16-4-6-17(7-5-16)22(18-8-12-20(23)13-9-18)19-10-14-21(24)15-11-19/h2-15,22-24H,1H3. The number of phenolic OH excluding ortho intramolecular Hbond substituents is 2. The van der Waals surface area contributed by atoms with Crippen LogP contribution in [0.1, 0.15) is 35.1 Å². The third kappa shape index (κ3) is 3.49. The zero-order valence-corrected chi connectivity index (χ0v) is 13.6. The summed E-state index contributed by atoms with van der Waals surface area (Å²) in [5.74, 6) is 0.559. The lowest BCUT2D eigenvalue weighted by Crippen LogP contribution is -2.03. The van der Waals surface area contributed by atoms with Crippen LogP contribution < -0.4 is 0 Å². The zero-order valence-electron chi connectivity index (χ0n) is 13.6. The average molecular weight is 316 g/mol. The van der Waals surface area contributed by atoms with E-state index in [2.05, 4.69) is 30.3 Å². The van der Waals surface area contributed by atoms with Gasteiger partial charge in [0.25, 0.3) is 0 Å². The van der Waals surface area contributed by atoms with Gasteiger partial charge in [-0.3, -0.25) is 0 Å². The minimum absolute atomic E-state index is 0.0471. The maximum atomic E-state index is 9.57. The van der Waals surface area contributed by atoms with Gasteiger partial charge in [0.05, 0.1) is 0 Å². The first-order chi connectivity index (χ1) is 11.7. The van der Waals surface area contributed by atoms with E-state index < -0.39 is 0 Å². The van der Waals surface area contributed by atoms with E-state index >= 15 is 0 Å². The predicted molar refractivity (Wildman–Crippen MR) is 98.3 cm³/mol. The number of benzene rings is 3. The molecule has 0 bridgehead atoms. The van der Waals surface area contributed by atoms with E-state index in [1.165, 1.54) is 5.56 Å².